The molecule has 24 heavy (non-hydrogen) atoms. The lowest BCUT2D eigenvalue weighted by molar-refractivity contribution is 0.0953. The van der Waals surface area contributed by atoms with Crippen LogP contribution in [0.25, 0.3) is 5.69 Å². The summed E-state index contributed by atoms with van der Waals surface area (Å²) in [5.74, 6) is -0.0559. The topological polar surface area (TPSA) is 71.8 Å². The van der Waals surface area contributed by atoms with Gasteiger partial charge in [-0.05, 0) is 31.0 Å². The fourth-order valence-corrected chi connectivity index (χ4v) is 3.17. The second-order valence-electron chi connectivity index (χ2n) is 6.29. The second kappa shape index (κ2) is 8.59. The number of nitrogens with one attached hydrogen (secondary N) is 2. The Morgan fingerprint density at radius 1 is 1.17 bits per heavy atom. The number of hydrogen-bond acceptors (Lipinski definition) is 4. The Balaban J connectivity index is 1.46. The van der Waals surface area contributed by atoms with Gasteiger partial charge in [0.05, 0.1) is 5.69 Å². The van der Waals surface area contributed by atoms with Gasteiger partial charge in [-0.15, -0.1) is 0 Å². The number of benzene rings is 1. The molecule has 1 amide bonds. The van der Waals surface area contributed by atoms with Crippen LogP contribution < -0.4 is 10.6 Å². The highest BCUT2D eigenvalue weighted by molar-refractivity contribution is 5.94. The third-order valence-electron chi connectivity index (χ3n) is 4.49. The maximum Gasteiger partial charge on any atom is 0.251 e. The van der Waals surface area contributed by atoms with E-state index >= 15 is 0 Å². The fraction of sp³-hybridized carbons (Fsp3) is 0.500. The normalized spacial score (nSPS) is 15.8. The first-order chi connectivity index (χ1) is 11.8. The Labute approximate surface area is 142 Å². The van der Waals surface area contributed by atoms with Gasteiger partial charge in [0, 0.05) is 24.7 Å². The van der Waals surface area contributed by atoms with Crippen LogP contribution in [0.3, 0.4) is 0 Å². The largest absolute Gasteiger partial charge is 0.351 e. The van der Waals surface area contributed by atoms with E-state index in [4.69, 9.17) is 0 Å². The van der Waals surface area contributed by atoms with Crippen molar-refractivity contribution in [2.45, 2.75) is 44.6 Å². The lowest BCUT2D eigenvalue weighted by Crippen LogP contribution is -2.36. The van der Waals surface area contributed by atoms with Crippen LogP contribution in [0, 0.1) is 0 Å². The molecule has 3 rings (SSSR count). The van der Waals surface area contributed by atoms with Gasteiger partial charge in [0.1, 0.15) is 12.7 Å². The summed E-state index contributed by atoms with van der Waals surface area (Å²) in [6, 6.07) is 8.01. The third-order valence-corrected chi connectivity index (χ3v) is 4.49. The lowest BCUT2D eigenvalue weighted by atomic mass is 10.1. The summed E-state index contributed by atoms with van der Waals surface area (Å²) < 4.78 is 1.64. The van der Waals surface area contributed by atoms with Crippen LogP contribution in [0.15, 0.2) is 36.9 Å². The molecule has 1 aromatic carbocycles. The Morgan fingerprint density at radius 3 is 2.75 bits per heavy atom. The van der Waals surface area contributed by atoms with E-state index in [0.717, 1.165) is 12.2 Å². The van der Waals surface area contributed by atoms with Gasteiger partial charge in [0.15, 0.2) is 0 Å². The van der Waals surface area contributed by atoms with Crippen molar-refractivity contribution in [2.75, 3.05) is 13.1 Å². The van der Waals surface area contributed by atoms with Crippen molar-refractivity contribution in [2.24, 2.45) is 0 Å². The van der Waals surface area contributed by atoms with Gasteiger partial charge >= 0.3 is 0 Å². The molecule has 1 aliphatic rings. The summed E-state index contributed by atoms with van der Waals surface area (Å²) in [5.41, 5.74) is 1.47. The van der Waals surface area contributed by atoms with E-state index in [1.165, 1.54) is 44.9 Å². The summed E-state index contributed by atoms with van der Waals surface area (Å²) in [4.78, 5) is 16.2. The molecule has 0 spiro atoms. The maximum absolute atomic E-state index is 12.3. The number of carbonyl (C=O) groups excluding carboxylic acids is 1. The van der Waals surface area contributed by atoms with Crippen LogP contribution in [-0.4, -0.2) is 39.8 Å². The van der Waals surface area contributed by atoms with E-state index in [1.54, 1.807) is 11.0 Å². The van der Waals surface area contributed by atoms with Crippen molar-refractivity contribution in [1.29, 1.82) is 0 Å². The van der Waals surface area contributed by atoms with Crippen LogP contribution in [-0.2, 0) is 0 Å². The molecule has 2 N–H and O–H groups in total. The van der Waals surface area contributed by atoms with Gasteiger partial charge in [-0.2, -0.15) is 5.10 Å². The molecule has 0 atom stereocenters. The molecule has 1 heterocycles. The van der Waals surface area contributed by atoms with Crippen LogP contribution in [0.2, 0.25) is 0 Å². The van der Waals surface area contributed by atoms with E-state index < -0.39 is 0 Å². The first-order valence-electron chi connectivity index (χ1n) is 8.79. The van der Waals surface area contributed by atoms with E-state index in [2.05, 4.69) is 20.7 Å². The first-order valence-corrected chi connectivity index (χ1v) is 8.79. The Hall–Kier alpha value is -2.21. The molecule has 1 saturated carbocycles. The van der Waals surface area contributed by atoms with Crippen LogP contribution in [0.4, 0.5) is 0 Å². The molecule has 0 saturated heterocycles. The zero-order chi connectivity index (χ0) is 16.6. The zero-order valence-corrected chi connectivity index (χ0v) is 13.9. The monoisotopic (exact) mass is 327 g/mol. The molecule has 128 valence electrons. The first kappa shape index (κ1) is 16.6. The minimum Gasteiger partial charge on any atom is -0.351 e. The van der Waals surface area contributed by atoms with E-state index in [1.807, 2.05) is 24.3 Å². The summed E-state index contributed by atoms with van der Waals surface area (Å²) in [6.45, 7) is 1.46. The van der Waals surface area contributed by atoms with Crippen LogP contribution in [0.5, 0.6) is 0 Å². The third kappa shape index (κ3) is 4.64. The summed E-state index contributed by atoms with van der Waals surface area (Å²) in [5, 5.41) is 10.6. The SMILES string of the molecule is O=C(NCCNC1CCCCCC1)c1cccc(-n2cncn2)c1. The highest BCUT2D eigenvalue weighted by Crippen LogP contribution is 2.16. The molecule has 6 nitrogen and oxygen atoms in total. The molecular formula is C18H25N5O. The van der Waals surface area contributed by atoms with Crippen molar-refractivity contribution < 1.29 is 4.79 Å². The van der Waals surface area contributed by atoms with Crippen LogP contribution in [0.1, 0.15) is 48.9 Å². The van der Waals surface area contributed by atoms with Gasteiger partial charge in [0.25, 0.3) is 5.91 Å². The number of rotatable bonds is 6. The quantitative estimate of drug-likeness (QED) is 0.631. The predicted molar refractivity (Wildman–Crippen MR) is 93.2 cm³/mol. The highest BCUT2D eigenvalue weighted by atomic mass is 16.1. The van der Waals surface area contributed by atoms with Crippen molar-refractivity contribution in [3.63, 3.8) is 0 Å². The fourth-order valence-electron chi connectivity index (χ4n) is 3.17. The Bertz CT molecular complexity index is 633. The smallest absolute Gasteiger partial charge is 0.251 e. The molecule has 0 unspecified atom stereocenters. The van der Waals surface area contributed by atoms with E-state index in [0.29, 0.717) is 18.2 Å². The van der Waals surface area contributed by atoms with Gasteiger partial charge < -0.3 is 10.6 Å². The minimum atomic E-state index is -0.0559. The van der Waals surface area contributed by atoms with E-state index in [-0.39, 0.29) is 5.91 Å². The Morgan fingerprint density at radius 2 is 2.00 bits per heavy atom. The van der Waals surface area contributed by atoms with E-state index in [9.17, 15) is 4.79 Å². The zero-order valence-electron chi connectivity index (χ0n) is 13.9. The average Bonchev–Trinajstić information content (AvgIpc) is 3.03. The highest BCUT2D eigenvalue weighted by Gasteiger charge is 2.11. The molecule has 1 aliphatic carbocycles. The molecule has 1 aromatic heterocycles. The Kier molecular flexibility index (Phi) is 5.96. The van der Waals surface area contributed by atoms with Gasteiger partial charge in [0.2, 0.25) is 0 Å². The molecule has 0 bridgehead atoms. The number of nitrogens with zero attached hydrogens (tertiary/aromatic N) is 3. The van der Waals surface area contributed by atoms with Crippen molar-refractivity contribution in [1.82, 2.24) is 25.4 Å². The molecule has 0 radical (unpaired) electrons. The van der Waals surface area contributed by atoms with Gasteiger partial charge in [-0.3, -0.25) is 4.79 Å². The van der Waals surface area contributed by atoms with Crippen LogP contribution >= 0.6 is 0 Å². The molecule has 1 fully saturated rings. The number of carbonyl (C=O) groups is 1. The van der Waals surface area contributed by atoms with Gasteiger partial charge in [-0.1, -0.05) is 31.7 Å². The van der Waals surface area contributed by atoms with Crippen molar-refractivity contribution in [3.8, 4) is 5.69 Å². The number of aromatic nitrogens is 3. The molecule has 2 aromatic rings. The number of hydrogen-bond donors (Lipinski definition) is 2. The average molecular weight is 327 g/mol. The van der Waals surface area contributed by atoms with Crippen molar-refractivity contribution >= 4 is 5.91 Å². The second-order valence-corrected chi connectivity index (χ2v) is 6.29. The van der Waals surface area contributed by atoms with Gasteiger partial charge in [-0.25, -0.2) is 9.67 Å². The molecular weight excluding hydrogens is 302 g/mol. The standard InChI is InChI=1S/C18H25N5O/c24-18(21-11-10-20-16-7-3-1-2-4-8-16)15-6-5-9-17(12-15)23-14-19-13-22-23/h5-6,9,12-14,16,20H,1-4,7-8,10-11H2,(H,21,24). The predicted octanol–water partition coefficient (Wildman–Crippen LogP) is 2.31. The molecule has 6 heteroatoms. The lowest BCUT2D eigenvalue weighted by Gasteiger charge is -2.16. The minimum absolute atomic E-state index is 0.0559. The maximum atomic E-state index is 12.3. The molecule has 0 aliphatic heterocycles. The summed E-state index contributed by atoms with van der Waals surface area (Å²) >= 11 is 0. The number of amides is 1. The van der Waals surface area contributed by atoms with Crippen molar-refractivity contribution in [3.05, 3.63) is 42.5 Å². The summed E-state index contributed by atoms with van der Waals surface area (Å²) in [6.07, 6.45) is 11.0. The summed E-state index contributed by atoms with van der Waals surface area (Å²) in [7, 11) is 0.